The molecule has 0 unspecified atom stereocenters. The Morgan fingerprint density at radius 3 is 2.60 bits per heavy atom. The van der Waals surface area contributed by atoms with E-state index in [9.17, 15) is 4.79 Å². The monoisotopic (exact) mass is 269 g/mol. The van der Waals surface area contributed by atoms with Crippen LogP contribution in [0.15, 0.2) is 22.7 Å². The summed E-state index contributed by atoms with van der Waals surface area (Å²) in [6.07, 6.45) is 0.857. The highest BCUT2D eigenvalue weighted by atomic mass is 79.9. The van der Waals surface area contributed by atoms with Gasteiger partial charge in [-0.2, -0.15) is 0 Å². The van der Waals surface area contributed by atoms with E-state index in [1.54, 1.807) is 0 Å². The molecule has 0 aliphatic rings. The Kier molecular flexibility index (Phi) is 4.33. The fourth-order valence-electron chi connectivity index (χ4n) is 1.50. The molecule has 0 radical (unpaired) electrons. The van der Waals surface area contributed by atoms with Crippen molar-refractivity contribution < 1.29 is 4.79 Å². The molecule has 2 nitrogen and oxygen atoms in total. The first-order chi connectivity index (χ1) is 7.04. The average molecular weight is 270 g/mol. The van der Waals surface area contributed by atoms with Crippen molar-refractivity contribution in [2.75, 3.05) is 18.5 Å². The van der Waals surface area contributed by atoms with Gasteiger partial charge in [0.15, 0.2) is 6.29 Å². The van der Waals surface area contributed by atoms with Crippen LogP contribution in [0, 0.1) is 5.92 Å². The third-order valence-electron chi connectivity index (χ3n) is 2.19. The number of carbonyl (C=O) groups excluding carboxylic acids is 1. The number of carbonyl (C=O) groups is 1. The summed E-state index contributed by atoms with van der Waals surface area (Å²) in [7, 11) is 2.06. The second-order valence-electron chi connectivity index (χ2n) is 4.10. The first kappa shape index (κ1) is 12.2. The number of hydrogen-bond donors (Lipinski definition) is 0. The van der Waals surface area contributed by atoms with E-state index < -0.39 is 0 Å². The molecule has 1 aromatic carbocycles. The number of hydrogen-bond acceptors (Lipinski definition) is 2. The molecule has 0 bridgehead atoms. The zero-order chi connectivity index (χ0) is 11.4. The van der Waals surface area contributed by atoms with Crippen LogP contribution in [0.2, 0.25) is 0 Å². The lowest BCUT2D eigenvalue weighted by Crippen LogP contribution is -2.22. The molecule has 1 rings (SSSR count). The maximum absolute atomic E-state index is 10.6. The zero-order valence-electron chi connectivity index (χ0n) is 9.33. The normalized spacial score (nSPS) is 10.5. The van der Waals surface area contributed by atoms with Gasteiger partial charge in [-0.1, -0.05) is 13.8 Å². The molecule has 0 aliphatic carbocycles. The van der Waals surface area contributed by atoms with Gasteiger partial charge < -0.3 is 4.90 Å². The molecule has 0 aliphatic heterocycles. The molecule has 1 aromatic rings. The van der Waals surface area contributed by atoms with Crippen LogP contribution in [0.4, 0.5) is 5.69 Å². The summed E-state index contributed by atoms with van der Waals surface area (Å²) in [6, 6.07) is 5.78. The van der Waals surface area contributed by atoms with Crippen molar-refractivity contribution in [3.8, 4) is 0 Å². The highest BCUT2D eigenvalue weighted by Gasteiger charge is 2.05. The third-order valence-corrected chi connectivity index (χ3v) is 2.88. The second-order valence-corrected chi connectivity index (χ2v) is 4.95. The van der Waals surface area contributed by atoms with Gasteiger partial charge in [0.05, 0.1) is 0 Å². The van der Waals surface area contributed by atoms with Crippen LogP contribution in [0.1, 0.15) is 24.2 Å². The van der Waals surface area contributed by atoms with Crippen molar-refractivity contribution >= 4 is 27.9 Å². The average Bonchev–Trinajstić information content (AvgIpc) is 2.16. The number of aldehydes is 1. The molecule has 0 heterocycles. The van der Waals surface area contributed by atoms with Gasteiger partial charge in [0, 0.05) is 29.3 Å². The van der Waals surface area contributed by atoms with Crippen molar-refractivity contribution in [3.05, 3.63) is 28.2 Å². The molecule has 82 valence electrons. The Labute approximate surface area is 99.4 Å². The fourth-order valence-corrected chi connectivity index (χ4v) is 1.96. The van der Waals surface area contributed by atoms with Crippen molar-refractivity contribution in [1.29, 1.82) is 0 Å². The number of halogens is 1. The van der Waals surface area contributed by atoms with E-state index in [4.69, 9.17) is 0 Å². The lowest BCUT2D eigenvalue weighted by molar-refractivity contribution is 0.112. The Bertz CT molecular complexity index is 349. The molecule has 0 N–H and O–H groups in total. The standard InChI is InChI=1S/C12H16BrNO/c1-9(2)7-14(3)11-5-4-10(8-15)12(13)6-11/h4-6,8-9H,7H2,1-3H3. The summed E-state index contributed by atoms with van der Waals surface area (Å²) in [6.45, 7) is 5.38. The van der Waals surface area contributed by atoms with Crippen LogP contribution in [0.3, 0.4) is 0 Å². The Balaban J connectivity index is 2.87. The predicted molar refractivity (Wildman–Crippen MR) is 67.6 cm³/mol. The molecule has 0 amide bonds. The van der Waals surface area contributed by atoms with E-state index in [1.165, 1.54) is 0 Å². The Hall–Kier alpha value is -0.830. The van der Waals surface area contributed by atoms with Crippen LogP contribution < -0.4 is 4.90 Å². The third kappa shape index (κ3) is 3.34. The lowest BCUT2D eigenvalue weighted by Gasteiger charge is -2.21. The largest absolute Gasteiger partial charge is 0.374 e. The molecule has 15 heavy (non-hydrogen) atoms. The van der Waals surface area contributed by atoms with E-state index in [0.717, 1.165) is 23.0 Å². The van der Waals surface area contributed by atoms with Gasteiger partial charge in [-0.25, -0.2) is 0 Å². The predicted octanol–water partition coefficient (Wildman–Crippen LogP) is 3.35. The van der Waals surface area contributed by atoms with Crippen molar-refractivity contribution in [1.82, 2.24) is 0 Å². The summed E-state index contributed by atoms with van der Waals surface area (Å²) < 4.78 is 0.852. The minimum atomic E-state index is 0.625. The van der Waals surface area contributed by atoms with Crippen LogP contribution in [-0.4, -0.2) is 19.9 Å². The second kappa shape index (κ2) is 5.31. The molecular weight excluding hydrogens is 254 g/mol. The SMILES string of the molecule is CC(C)CN(C)c1ccc(C=O)c(Br)c1. The maximum atomic E-state index is 10.6. The molecule has 0 saturated heterocycles. The molecular formula is C12H16BrNO. The molecule has 3 heteroatoms. The van der Waals surface area contributed by atoms with Gasteiger partial charge in [-0.05, 0) is 40.0 Å². The first-order valence-electron chi connectivity index (χ1n) is 5.00. The highest BCUT2D eigenvalue weighted by molar-refractivity contribution is 9.10. The molecule has 0 fully saturated rings. The number of rotatable bonds is 4. The summed E-state index contributed by atoms with van der Waals surface area (Å²) in [4.78, 5) is 12.8. The lowest BCUT2D eigenvalue weighted by atomic mass is 10.1. The van der Waals surface area contributed by atoms with E-state index in [2.05, 4.69) is 41.7 Å². The van der Waals surface area contributed by atoms with Gasteiger partial charge in [0.25, 0.3) is 0 Å². The van der Waals surface area contributed by atoms with Crippen LogP contribution in [-0.2, 0) is 0 Å². The zero-order valence-corrected chi connectivity index (χ0v) is 10.9. The topological polar surface area (TPSA) is 20.3 Å². The minimum Gasteiger partial charge on any atom is -0.374 e. The van der Waals surface area contributed by atoms with Crippen LogP contribution >= 0.6 is 15.9 Å². The molecule has 0 spiro atoms. The Morgan fingerprint density at radius 2 is 2.13 bits per heavy atom. The number of benzene rings is 1. The van der Waals surface area contributed by atoms with Crippen molar-refractivity contribution in [2.24, 2.45) is 5.92 Å². The van der Waals surface area contributed by atoms with Gasteiger partial charge in [0.2, 0.25) is 0 Å². The molecule has 0 atom stereocenters. The minimum absolute atomic E-state index is 0.625. The van der Waals surface area contributed by atoms with Gasteiger partial charge in [-0.15, -0.1) is 0 Å². The van der Waals surface area contributed by atoms with Crippen molar-refractivity contribution in [2.45, 2.75) is 13.8 Å². The molecule has 0 aromatic heterocycles. The van der Waals surface area contributed by atoms with E-state index in [1.807, 2.05) is 18.2 Å². The summed E-state index contributed by atoms with van der Waals surface area (Å²) in [5.74, 6) is 0.625. The Morgan fingerprint density at radius 1 is 1.47 bits per heavy atom. The molecule has 0 saturated carbocycles. The summed E-state index contributed by atoms with van der Waals surface area (Å²) in [5, 5.41) is 0. The van der Waals surface area contributed by atoms with Gasteiger partial charge >= 0.3 is 0 Å². The summed E-state index contributed by atoms with van der Waals surface area (Å²) in [5.41, 5.74) is 1.82. The van der Waals surface area contributed by atoms with E-state index >= 15 is 0 Å². The van der Waals surface area contributed by atoms with E-state index in [-0.39, 0.29) is 0 Å². The summed E-state index contributed by atoms with van der Waals surface area (Å²) >= 11 is 3.38. The number of anilines is 1. The van der Waals surface area contributed by atoms with E-state index in [0.29, 0.717) is 11.5 Å². The fraction of sp³-hybridized carbons (Fsp3) is 0.417. The van der Waals surface area contributed by atoms with Gasteiger partial charge in [0.1, 0.15) is 0 Å². The highest BCUT2D eigenvalue weighted by Crippen LogP contribution is 2.22. The van der Waals surface area contributed by atoms with Crippen molar-refractivity contribution in [3.63, 3.8) is 0 Å². The van der Waals surface area contributed by atoms with Crippen LogP contribution in [0.5, 0.6) is 0 Å². The van der Waals surface area contributed by atoms with Crippen LogP contribution in [0.25, 0.3) is 0 Å². The quantitative estimate of drug-likeness (QED) is 0.782. The maximum Gasteiger partial charge on any atom is 0.151 e. The number of nitrogens with zero attached hydrogens (tertiary/aromatic N) is 1. The first-order valence-corrected chi connectivity index (χ1v) is 5.79. The van der Waals surface area contributed by atoms with Gasteiger partial charge in [-0.3, -0.25) is 4.79 Å². The smallest absolute Gasteiger partial charge is 0.151 e.